The Balaban J connectivity index is 0.00000441. The smallest absolute Gasteiger partial charge is 0.262 e. The number of carbonyl (C=O) groups excluding carboxylic acids is 2. The van der Waals surface area contributed by atoms with Crippen molar-refractivity contribution in [1.29, 1.82) is 0 Å². The first-order valence-electron chi connectivity index (χ1n) is 12.3. The Hall–Kier alpha value is -3.02. The third-order valence-corrected chi connectivity index (χ3v) is 8.04. The molecule has 4 N–H and O–H groups in total. The van der Waals surface area contributed by atoms with Gasteiger partial charge in [0, 0.05) is 17.1 Å². The normalized spacial score (nSPS) is 13.6. The molecule has 0 unspecified atom stereocenters. The molecule has 1 aliphatic heterocycles. The SMILES string of the molecule is Cl.O=C(CNC(=O)c1ccc(S(=O)(=O)Nc2ccccc2Oc2ccc(Cl)cc2Cl)cc1)NCC1CCNCC1. The van der Waals surface area contributed by atoms with Gasteiger partial charge >= 0.3 is 0 Å². The molecule has 9 nitrogen and oxygen atoms in total. The Labute approximate surface area is 249 Å². The summed E-state index contributed by atoms with van der Waals surface area (Å²) in [6, 6.07) is 16.6. The maximum absolute atomic E-state index is 13.0. The van der Waals surface area contributed by atoms with Crippen molar-refractivity contribution >= 4 is 63.1 Å². The van der Waals surface area contributed by atoms with E-state index in [2.05, 4.69) is 20.7 Å². The molecule has 0 saturated carbocycles. The Morgan fingerprint density at radius 3 is 2.33 bits per heavy atom. The lowest BCUT2D eigenvalue weighted by molar-refractivity contribution is -0.120. The first-order chi connectivity index (χ1) is 18.7. The first-order valence-corrected chi connectivity index (χ1v) is 14.6. The molecular weight excluding hydrogens is 599 g/mol. The molecule has 1 aliphatic rings. The number of rotatable bonds is 10. The number of ether oxygens (including phenoxy) is 1. The molecule has 0 bridgehead atoms. The number of piperidine rings is 1. The standard InChI is InChI=1S/C27H28Cl2N4O5S.ClH/c28-20-7-10-24(22(29)15-20)38-25-4-2-1-3-23(25)33-39(36,37)21-8-5-19(6-9-21)27(35)32-17-26(34)31-16-18-11-13-30-14-12-18;/h1-10,15,18,30,33H,11-14,16-17H2,(H,31,34)(H,32,35);1H. The van der Waals surface area contributed by atoms with E-state index in [1.54, 1.807) is 36.4 Å². The van der Waals surface area contributed by atoms with Crippen molar-refractivity contribution in [3.8, 4) is 11.5 Å². The van der Waals surface area contributed by atoms with E-state index in [1.165, 1.54) is 30.3 Å². The van der Waals surface area contributed by atoms with Gasteiger partial charge in [-0.1, -0.05) is 35.3 Å². The van der Waals surface area contributed by atoms with Crippen LogP contribution in [0.25, 0.3) is 0 Å². The predicted molar refractivity (Wildman–Crippen MR) is 158 cm³/mol. The van der Waals surface area contributed by atoms with Crippen LogP contribution in [0, 0.1) is 5.92 Å². The minimum absolute atomic E-state index is 0. The summed E-state index contributed by atoms with van der Waals surface area (Å²) in [4.78, 5) is 24.5. The average molecular weight is 628 g/mol. The number of hydrogen-bond acceptors (Lipinski definition) is 6. The van der Waals surface area contributed by atoms with Crippen LogP contribution in [0.3, 0.4) is 0 Å². The third kappa shape index (κ3) is 8.74. The van der Waals surface area contributed by atoms with Gasteiger partial charge in [-0.3, -0.25) is 14.3 Å². The zero-order chi connectivity index (χ0) is 27.8. The molecule has 0 aliphatic carbocycles. The second kappa shape index (κ2) is 14.6. The molecule has 3 aromatic carbocycles. The second-order valence-corrected chi connectivity index (χ2v) is 11.5. The van der Waals surface area contributed by atoms with E-state index in [1.807, 2.05) is 0 Å². The summed E-state index contributed by atoms with van der Waals surface area (Å²) in [7, 11) is -4.02. The van der Waals surface area contributed by atoms with Gasteiger partial charge in [0.2, 0.25) is 5.91 Å². The van der Waals surface area contributed by atoms with E-state index in [9.17, 15) is 18.0 Å². The van der Waals surface area contributed by atoms with Gasteiger partial charge in [0.05, 0.1) is 22.2 Å². The fourth-order valence-corrected chi connectivity index (χ4v) is 5.49. The molecular formula is C27H29Cl3N4O5S. The van der Waals surface area contributed by atoms with Gasteiger partial charge in [-0.05, 0) is 86.4 Å². The number of sulfonamides is 1. The van der Waals surface area contributed by atoms with Crippen LogP contribution in [0.15, 0.2) is 71.6 Å². The molecule has 0 radical (unpaired) electrons. The van der Waals surface area contributed by atoms with Crippen LogP contribution in [0.2, 0.25) is 10.0 Å². The summed E-state index contributed by atoms with van der Waals surface area (Å²) < 4.78 is 34.4. The van der Waals surface area contributed by atoms with Gasteiger partial charge < -0.3 is 20.7 Å². The van der Waals surface area contributed by atoms with E-state index < -0.39 is 15.9 Å². The van der Waals surface area contributed by atoms with E-state index in [0.717, 1.165) is 25.9 Å². The zero-order valence-electron chi connectivity index (χ0n) is 21.3. The molecule has 214 valence electrons. The molecule has 0 atom stereocenters. The summed E-state index contributed by atoms with van der Waals surface area (Å²) in [6.07, 6.45) is 2.01. The Morgan fingerprint density at radius 2 is 1.62 bits per heavy atom. The second-order valence-electron chi connectivity index (χ2n) is 8.98. The maximum atomic E-state index is 13.0. The maximum Gasteiger partial charge on any atom is 0.262 e. The van der Waals surface area contributed by atoms with E-state index in [4.69, 9.17) is 27.9 Å². The van der Waals surface area contributed by atoms with Crippen LogP contribution in [-0.4, -0.2) is 46.4 Å². The van der Waals surface area contributed by atoms with Crippen molar-refractivity contribution < 1.29 is 22.7 Å². The lowest BCUT2D eigenvalue weighted by Crippen LogP contribution is -2.40. The van der Waals surface area contributed by atoms with Crippen LogP contribution in [0.1, 0.15) is 23.2 Å². The van der Waals surface area contributed by atoms with Gasteiger partial charge in [-0.15, -0.1) is 12.4 Å². The largest absolute Gasteiger partial charge is 0.454 e. The molecule has 0 aromatic heterocycles. The highest BCUT2D eigenvalue weighted by Gasteiger charge is 2.19. The van der Waals surface area contributed by atoms with E-state index >= 15 is 0 Å². The van der Waals surface area contributed by atoms with Gasteiger partial charge in [0.1, 0.15) is 5.75 Å². The van der Waals surface area contributed by atoms with Crippen LogP contribution >= 0.6 is 35.6 Å². The summed E-state index contributed by atoms with van der Waals surface area (Å²) in [6.45, 7) is 2.30. The van der Waals surface area contributed by atoms with Gasteiger partial charge in [0.25, 0.3) is 15.9 Å². The molecule has 13 heteroatoms. The monoisotopic (exact) mass is 626 g/mol. The van der Waals surface area contributed by atoms with Crippen molar-refractivity contribution in [2.45, 2.75) is 17.7 Å². The number of hydrogen-bond donors (Lipinski definition) is 4. The highest BCUT2D eigenvalue weighted by Crippen LogP contribution is 2.35. The highest BCUT2D eigenvalue weighted by molar-refractivity contribution is 7.92. The molecule has 2 amide bonds. The van der Waals surface area contributed by atoms with Crippen LogP contribution in [0.4, 0.5) is 5.69 Å². The number of carbonyl (C=O) groups is 2. The van der Waals surface area contributed by atoms with Crippen molar-refractivity contribution in [3.05, 3.63) is 82.3 Å². The van der Waals surface area contributed by atoms with Gasteiger partial charge in [-0.2, -0.15) is 0 Å². The first kappa shape index (κ1) is 31.5. The summed E-state index contributed by atoms with van der Waals surface area (Å²) >= 11 is 12.1. The third-order valence-electron chi connectivity index (χ3n) is 6.13. The van der Waals surface area contributed by atoms with Gasteiger partial charge in [0.15, 0.2) is 5.75 Å². The Bertz CT molecular complexity index is 1430. The van der Waals surface area contributed by atoms with Crippen molar-refractivity contribution in [1.82, 2.24) is 16.0 Å². The number of para-hydroxylation sites is 2. The Morgan fingerprint density at radius 1 is 0.925 bits per heavy atom. The van der Waals surface area contributed by atoms with E-state index in [0.29, 0.717) is 23.2 Å². The zero-order valence-corrected chi connectivity index (χ0v) is 24.4. The van der Waals surface area contributed by atoms with Crippen molar-refractivity contribution in [3.63, 3.8) is 0 Å². The lowest BCUT2D eigenvalue weighted by Gasteiger charge is -2.22. The van der Waals surface area contributed by atoms with Crippen molar-refractivity contribution in [2.24, 2.45) is 5.92 Å². The summed E-state index contributed by atoms with van der Waals surface area (Å²) in [5, 5.41) is 9.39. The molecule has 1 saturated heterocycles. The molecule has 1 fully saturated rings. The number of amides is 2. The quantitative estimate of drug-likeness (QED) is 0.255. The van der Waals surface area contributed by atoms with E-state index in [-0.39, 0.29) is 51.8 Å². The van der Waals surface area contributed by atoms with Crippen LogP contribution < -0.4 is 25.4 Å². The molecule has 4 rings (SSSR count). The molecule has 3 aromatic rings. The Kier molecular flexibility index (Phi) is 11.5. The molecule has 40 heavy (non-hydrogen) atoms. The number of halogens is 3. The highest BCUT2D eigenvalue weighted by atomic mass is 35.5. The summed E-state index contributed by atoms with van der Waals surface area (Å²) in [5.74, 6) is 0.221. The molecule has 0 spiro atoms. The minimum Gasteiger partial charge on any atom is -0.454 e. The topological polar surface area (TPSA) is 126 Å². The number of anilines is 1. The average Bonchev–Trinajstić information content (AvgIpc) is 2.93. The fourth-order valence-electron chi connectivity index (χ4n) is 3.97. The molecule has 1 heterocycles. The number of nitrogens with one attached hydrogen (secondary N) is 4. The minimum atomic E-state index is -4.02. The predicted octanol–water partition coefficient (Wildman–Crippen LogP) is 4.85. The van der Waals surface area contributed by atoms with Crippen LogP contribution in [0.5, 0.6) is 11.5 Å². The summed E-state index contributed by atoms with van der Waals surface area (Å²) in [5.41, 5.74) is 0.419. The fraction of sp³-hybridized carbons (Fsp3) is 0.259. The lowest BCUT2D eigenvalue weighted by atomic mass is 9.98. The number of benzene rings is 3. The van der Waals surface area contributed by atoms with Gasteiger partial charge in [-0.25, -0.2) is 8.42 Å². The van der Waals surface area contributed by atoms with Crippen LogP contribution in [-0.2, 0) is 14.8 Å². The van der Waals surface area contributed by atoms with Crippen molar-refractivity contribution in [2.75, 3.05) is 30.9 Å².